The lowest BCUT2D eigenvalue weighted by Gasteiger charge is -2.26. The summed E-state index contributed by atoms with van der Waals surface area (Å²) < 4.78 is 7.29. The van der Waals surface area contributed by atoms with E-state index in [1.807, 2.05) is 23.0 Å². The molecular formula is C24H24N4O. The largest absolute Gasteiger partial charge is 0.497 e. The fraction of sp³-hybridized carbons (Fsp3) is 0.208. The standard InChI is InChI=1S/C24H24N4O/c1-29-21-7-8-24-22(15-21)23(16-25-24)19-9-13-27(14-10-19)17-18-3-5-20(6-4-18)28-12-2-11-26-28/h2-9,11-12,15-16,25H,10,13-14,17H2,1H3. The molecule has 0 aliphatic carbocycles. The number of nitrogens with zero attached hydrogens (tertiary/aromatic N) is 3. The van der Waals surface area contributed by atoms with Crippen molar-refractivity contribution in [1.29, 1.82) is 0 Å². The summed E-state index contributed by atoms with van der Waals surface area (Å²) >= 11 is 0. The predicted molar refractivity (Wildman–Crippen MR) is 116 cm³/mol. The maximum atomic E-state index is 5.40. The summed E-state index contributed by atoms with van der Waals surface area (Å²) in [4.78, 5) is 5.88. The number of methoxy groups -OCH3 is 1. The summed E-state index contributed by atoms with van der Waals surface area (Å²) in [5, 5.41) is 5.52. The van der Waals surface area contributed by atoms with Gasteiger partial charge in [-0.2, -0.15) is 5.10 Å². The van der Waals surface area contributed by atoms with Crippen LogP contribution < -0.4 is 4.74 Å². The number of nitrogens with one attached hydrogen (secondary N) is 1. The van der Waals surface area contributed by atoms with Crippen LogP contribution in [-0.4, -0.2) is 39.9 Å². The number of H-pyrrole nitrogens is 1. The van der Waals surface area contributed by atoms with Gasteiger partial charge in [0.15, 0.2) is 0 Å². The van der Waals surface area contributed by atoms with Crippen LogP contribution in [0, 0.1) is 0 Å². The Morgan fingerprint density at radius 2 is 2.03 bits per heavy atom. The van der Waals surface area contributed by atoms with E-state index in [0.717, 1.165) is 43.0 Å². The lowest BCUT2D eigenvalue weighted by Crippen LogP contribution is -2.28. The SMILES string of the molecule is COc1ccc2[nH]cc(C3=CCN(Cc4ccc(-n5cccn5)cc4)CC3)c2c1. The lowest BCUT2D eigenvalue weighted by atomic mass is 9.98. The molecule has 1 aliphatic rings. The van der Waals surface area contributed by atoms with Crippen LogP contribution in [0.25, 0.3) is 22.2 Å². The number of hydrogen-bond donors (Lipinski definition) is 1. The lowest BCUT2D eigenvalue weighted by molar-refractivity contribution is 0.294. The van der Waals surface area contributed by atoms with Crippen molar-refractivity contribution >= 4 is 16.5 Å². The number of benzene rings is 2. The first-order chi connectivity index (χ1) is 14.3. The minimum Gasteiger partial charge on any atom is -0.497 e. The molecule has 5 rings (SSSR count). The number of aromatic nitrogens is 3. The van der Waals surface area contributed by atoms with E-state index in [1.54, 1.807) is 13.3 Å². The monoisotopic (exact) mass is 384 g/mol. The fourth-order valence-electron chi connectivity index (χ4n) is 4.03. The van der Waals surface area contributed by atoms with Gasteiger partial charge in [-0.3, -0.25) is 4.90 Å². The third kappa shape index (κ3) is 3.57. The summed E-state index contributed by atoms with van der Waals surface area (Å²) in [5.74, 6) is 0.898. The fourth-order valence-corrected chi connectivity index (χ4v) is 4.03. The normalized spacial score (nSPS) is 14.9. The highest BCUT2D eigenvalue weighted by Crippen LogP contribution is 2.31. The second-order valence-electron chi connectivity index (χ2n) is 7.45. The zero-order chi connectivity index (χ0) is 19.6. The van der Waals surface area contributed by atoms with Crippen LogP contribution in [-0.2, 0) is 6.54 Å². The molecule has 1 aliphatic heterocycles. The van der Waals surface area contributed by atoms with Crippen LogP contribution in [0.15, 0.2) is 73.2 Å². The van der Waals surface area contributed by atoms with Crippen LogP contribution in [0.4, 0.5) is 0 Å². The maximum absolute atomic E-state index is 5.40. The van der Waals surface area contributed by atoms with Crippen molar-refractivity contribution in [2.45, 2.75) is 13.0 Å². The highest BCUT2D eigenvalue weighted by molar-refractivity contribution is 5.93. The summed E-state index contributed by atoms with van der Waals surface area (Å²) in [6.45, 7) is 2.99. The smallest absolute Gasteiger partial charge is 0.119 e. The number of fused-ring (bicyclic) bond motifs is 1. The van der Waals surface area contributed by atoms with E-state index in [2.05, 4.69) is 63.7 Å². The first-order valence-electron chi connectivity index (χ1n) is 9.96. The van der Waals surface area contributed by atoms with Crippen molar-refractivity contribution in [2.24, 2.45) is 0 Å². The van der Waals surface area contributed by atoms with Crippen molar-refractivity contribution in [2.75, 3.05) is 20.2 Å². The van der Waals surface area contributed by atoms with Gasteiger partial charge in [0.1, 0.15) is 5.75 Å². The van der Waals surface area contributed by atoms with Gasteiger partial charge in [0.25, 0.3) is 0 Å². The van der Waals surface area contributed by atoms with Crippen molar-refractivity contribution in [3.8, 4) is 11.4 Å². The van der Waals surface area contributed by atoms with Gasteiger partial charge >= 0.3 is 0 Å². The minimum atomic E-state index is 0.898. The first-order valence-corrected chi connectivity index (χ1v) is 9.96. The molecule has 5 heteroatoms. The molecule has 0 bridgehead atoms. The van der Waals surface area contributed by atoms with Gasteiger partial charge in [0.05, 0.1) is 12.8 Å². The maximum Gasteiger partial charge on any atom is 0.119 e. The van der Waals surface area contributed by atoms with Crippen LogP contribution in [0.3, 0.4) is 0 Å². The highest BCUT2D eigenvalue weighted by atomic mass is 16.5. The quantitative estimate of drug-likeness (QED) is 0.545. The second kappa shape index (κ2) is 7.60. The zero-order valence-electron chi connectivity index (χ0n) is 16.5. The number of hydrogen-bond acceptors (Lipinski definition) is 3. The molecule has 0 saturated heterocycles. The molecule has 0 spiro atoms. The molecule has 5 nitrogen and oxygen atoms in total. The second-order valence-corrected chi connectivity index (χ2v) is 7.45. The minimum absolute atomic E-state index is 0.898. The van der Waals surface area contributed by atoms with Crippen LogP contribution in [0.2, 0.25) is 0 Å². The Hall–Kier alpha value is -3.31. The average molecular weight is 384 g/mol. The molecule has 146 valence electrons. The Morgan fingerprint density at radius 1 is 1.14 bits per heavy atom. The van der Waals surface area contributed by atoms with Crippen LogP contribution >= 0.6 is 0 Å². The summed E-state index contributed by atoms with van der Waals surface area (Å²) in [6, 6.07) is 16.8. The topological polar surface area (TPSA) is 46.1 Å². The molecule has 0 radical (unpaired) electrons. The molecule has 0 fully saturated rings. The van der Waals surface area contributed by atoms with Gasteiger partial charge in [-0.05, 0) is 54.0 Å². The highest BCUT2D eigenvalue weighted by Gasteiger charge is 2.16. The van der Waals surface area contributed by atoms with Crippen molar-refractivity contribution < 1.29 is 4.74 Å². The van der Waals surface area contributed by atoms with Crippen molar-refractivity contribution in [3.63, 3.8) is 0 Å². The molecule has 1 N–H and O–H groups in total. The molecule has 0 unspecified atom stereocenters. The van der Waals surface area contributed by atoms with Gasteiger partial charge in [-0.15, -0.1) is 0 Å². The van der Waals surface area contributed by atoms with E-state index in [1.165, 1.54) is 22.1 Å². The van der Waals surface area contributed by atoms with Crippen LogP contribution in [0.5, 0.6) is 5.75 Å². The molecule has 4 aromatic rings. The third-order valence-corrected chi connectivity index (χ3v) is 5.64. The molecule has 2 aromatic carbocycles. The van der Waals surface area contributed by atoms with Crippen molar-refractivity contribution in [1.82, 2.24) is 19.7 Å². The number of ether oxygens (including phenoxy) is 1. The Bertz CT molecular complexity index is 1140. The summed E-state index contributed by atoms with van der Waals surface area (Å²) in [5.41, 5.74) is 6.28. The summed E-state index contributed by atoms with van der Waals surface area (Å²) in [7, 11) is 1.72. The van der Waals surface area contributed by atoms with E-state index < -0.39 is 0 Å². The van der Waals surface area contributed by atoms with Gasteiger partial charge < -0.3 is 9.72 Å². The molecule has 0 saturated carbocycles. The molecular weight excluding hydrogens is 360 g/mol. The van der Waals surface area contributed by atoms with Crippen molar-refractivity contribution in [3.05, 3.63) is 84.3 Å². The zero-order valence-corrected chi connectivity index (χ0v) is 16.5. The molecule has 0 atom stereocenters. The van der Waals surface area contributed by atoms with E-state index in [0.29, 0.717) is 0 Å². The van der Waals surface area contributed by atoms with Gasteiger partial charge in [-0.1, -0.05) is 18.2 Å². The average Bonchev–Trinajstić information content (AvgIpc) is 3.45. The van der Waals surface area contributed by atoms with E-state index >= 15 is 0 Å². The van der Waals surface area contributed by atoms with Crippen LogP contribution in [0.1, 0.15) is 17.5 Å². The molecule has 0 amide bonds. The molecule has 3 heterocycles. The Balaban J connectivity index is 1.28. The van der Waals surface area contributed by atoms with Gasteiger partial charge in [0, 0.05) is 54.7 Å². The Labute approximate surface area is 170 Å². The predicted octanol–water partition coefficient (Wildman–Crippen LogP) is 4.65. The van der Waals surface area contributed by atoms with E-state index in [-0.39, 0.29) is 0 Å². The van der Waals surface area contributed by atoms with E-state index in [9.17, 15) is 0 Å². The van der Waals surface area contributed by atoms with E-state index in [4.69, 9.17) is 4.74 Å². The third-order valence-electron chi connectivity index (χ3n) is 5.64. The molecule has 2 aromatic heterocycles. The molecule has 29 heavy (non-hydrogen) atoms. The number of rotatable bonds is 5. The Kier molecular flexibility index (Phi) is 4.66. The Morgan fingerprint density at radius 3 is 2.76 bits per heavy atom. The number of aromatic amines is 1. The first kappa shape index (κ1) is 17.8. The van der Waals surface area contributed by atoms with Gasteiger partial charge in [-0.25, -0.2) is 4.68 Å². The summed E-state index contributed by atoms with van der Waals surface area (Å²) in [6.07, 6.45) is 9.31. The van der Waals surface area contributed by atoms with Gasteiger partial charge in [0.2, 0.25) is 0 Å².